The molecule has 1 aliphatic heterocycles. The first-order chi connectivity index (χ1) is 11.3. The highest BCUT2D eigenvalue weighted by Gasteiger charge is 2.29. The summed E-state index contributed by atoms with van der Waals surface area (Å²) in [6.07, 6.45) is 3.26. The lowest BCUT2D eigenvalue weighted by Gasteiger charge is -2.35. The number of aromatic amines is 1. The van der Waals surface area contributed by atoms with Crippen molar-refractivity contribution in [1.82, 2.24) is 9.88 Å². The molecule has 3 aromatic rings. The van der Waals surface area contributed by atoms with E-state index in [1.54, 1.807) is 0 Å². The van der Waals surface area contributed by atoms with Crippen LogP contribution in [0, 0.1) is 0 Å². The summed E-state index contributed by atoms with van der Waals surface area (Å²) in [6.45, 7) is 0.827. The molecule has 1 fully saturated rings. The van der Waals surface area contributed by atoms with Gasteiger partial charge in [0.15, 0.2) is 0 Å². The summed E-state index contributed by atoms with van der Waals surface area (Å²) in [5.41, 5.74) is 3.06. The van der Waals surface area contributed by atoms with Gasteiger partial charge in [-0.05, 0) is 48.9 Å². The van der Waals surface area contributed by atoms with Crippen molar-refractivity contribution >= 4 is 16.8 Å². The first kappa shape index (κ1) is 14.1. The van der Waals surface area contributed by atoms with E-state index in [4.69, 9.17) is 0 Å². The summed E-state index contributed by atoms with van der Waals surface area (Å²) in [6, 6.07) is 20.2. The predicted molar refractivity (Wildman–Crippen MR) is 92.4 cm³/mol. The Morgan fingerprint density at radius 3 is 2.61 bits per heavy atom. The van der Waals surface area contributed by atoms with E-state index in [1.807, 2.05) is 47.4 Å². The lowest BCUT2D eigenvalue weighted by Crippen LogP contribution is -2.38. The van der Waals surface area contributed by atoms with Crippen LogP contribution in [0.1, 0.15) is 41.4 Å². The van der Waals surface area contributed by atoms with Crippen LogP contribution in [-0.2, 0) is 0 Å². The number of nitrogens with zero attached hydrogens (tertiary/aromatic N) is 1. The molecule has 0 aliphatic carbocycles. The van der Waals surface area contributed by atoms with Crippen LogP contribution >= 0.6 is 0 Å². The van der Waals surface area contributed by atoms with Crippen molar-refractivity contribution in [2.24, 2.45) is 0 Å². The van der Waals surface area contributed by atoms with E-state index in [0.29, 0.717) is 0 Å². The molecule has 4 rings (SSSR count). The Bertz CT molecular complexity index is 789. The molecule has 1 aliphatic rings. The summed E-state index contributed by atoms with van der Waals surface area (Å²) in [4.78, 5) is 18.4. The number of H-pyrrole nitrogens is 1. The number of benzene rings is 2. The van der Waals surface area contributed by atoms with Gasteiger partial charge >= 0.3 is 0 Å². The highest BCUT2D eigenvalue weighted by molar-refractivity contribution is 5.94. The summed E-state index contributed by atoms with van der Waals surface area (Å²) in [5, 5.41) is 1.21. The van der Waals surface area contributed by atoms with Gasteiger partial charge in [-0.2, -0.15) is 0 Å². The molecule has 1 aromatic heterocycles. The highest BCUT2D eigenvalue weighted by Crippen LogP contribution is 2.33. The summed E-state index contributed by atoms with van der Waals surface area (Å²) >= 11 is 0. The third kappa shape index (κ3) is 2.63. The second kappa shape index (κ2) is 5.92. The second-order valence-corrected chi connectivity index (χ2v) is 6.19. The summed E-state index contributed by atoms with van der Waals surface area (Å²) < 4.78 is 0. The van der Waals surface area contributed by atoms with Crippen molar-refractivity contribution in [3.8, 4) is 0 Å². The van der Waals surface area contributed by atoms with Crippen molar-refractivity contribution in [2.45, 2.75) is 25.3 Å². The molecule has 1 atom stereocenters. The van der Waals surface area contributed by atoms with Crippen LogP contribution in [0.4, 0.5) is 0 Å². The number of piperidine rings is 1. The molecule has 3 heteroatoms. The van der Waals surface area contributed by atoms with Gasteiger partial charge in [-0.3, -0.25) is 4.79 Å². The van der Waals surface area contributed by atoms with Crippen LogP contribution in [0.2, 0.25) is 0 Å². The Hall–Kier alpha value is -2.55. The molecule has 3 nitrogen and oxygen atoms in total. The normalized spacial score (nSPS) is 18.3. The van der Waals surface area contributed by atoms with E-state index in [2.05, 4.69) is 23.2 Å². The minimum absolute atomic E-state index is 0.133. The Labute approximate surface area is 135 Å². The Morgan fingerprint density at radius 1 is 1.00 bits per heavy atom. The predicted octanol–water partition coefficient (Wildman–Crippen LogP) is 4.54. The van der Waals surface area contributed by atoms with Crippen LogP contribution in [0.25, 0.3) is 10.9 Å². The van der Waals surface area contributed by atoms with Gasteiger partial charge in [-0.15, -0.1) is 0 Å². The largest absolute Gasteiger partial charge is 0.357 e. The third-order valence-corrected chi connectivity index (χ3v) is 4.69. The van der Waals surface area contributed by atoms with Gasteiger partial charge in [0, 0.05) is 23.3 Å². The van der Waals surface area contributed by atoms with Crippen LogP contribution < -0.4 is 0 Å². The first-order valence-electron chi connectivity index (χ1n) is 8.26. The quantitative estimate of drug-likeness (QED) is 0.741. The smallest absolute Gasteiger partial charge is 0.254 e. The molecular formula is C20H20N2O. The molecule has 0 saturated carbocycles. The van der Waals surface area contributed by atoms with Gasteiger partial charge in [0.2, 0.25) is 0 Å². The molecule has 2 heterocycles. The zero-order valence-corrected chi connectivity index (χ0v) is 13.0. The zero-order valence-electron chi connectivity index (χ0n) is 13.0. The zero-order chi connectivity index (χ0) is 15.6. The van der Waals surface area contributed by atoms with Gasteiger partial charge in [0.05, 0.1) is 6.04 Å². The lowest BCUT2D eigenvalue weighted by atomic mass is 9.98. The van der Waals surface area contributed by atoms with Crippen molar-refractivity contribution in [3.05, 3.63) is 71.9 Å². The number of fused-ring (bicyclic) bond motifs is 1. The fourth-order valence-corrected chi connectivity index (χ4v) is 3.52. The first-order valence-corrected chi connectivity index (χ1v) is 8.26. The molecule has 0 radical (unpaired) electrons. The molecule has 1 amide bonds. The average molecular weight is 304 g/mol. The van der Waals surface area contributed by atoms with E-state index in [0.717, 1.165) is 36.2 Å². The molecular weight excluding hydrogens is 284 g/mol. The number of hydrogen-bond acceptors (Lipinski definition) is 1. The lowest BCUT2D eigenvalue weighted by molar-refractivity contribution is 0.0607. The number of carbonyl (C=O) groups is 1. The average Bonchev–Trinajstić information content (AvgIpc) is 3.06. The maximum absolute atomic E-state index is 12.9. The molecule has 1 saturated heterocycles. The standard InChI is InChI=1S/C20H20N2O/c23-20(15-8-2-1-3-9-15)22-13-7-6-12-19(22)18-14-16-10-4-5-11-17(16)21-18/h1-5,8-11,14,19,21H,6-7,12-13H2. The fourth-order valence-electron chi connectivity index (χ4n) is 3.52. The fraction of sp³-hybridized carbons (Fsp3) is 0.250. The topological polar surface area (TPSA) is 36.1 Å². The maximum Gasteiger partial charge on any atom is 0.254 e. The van der Waals surface area contributed by atoms with Gasteiger partial charge in [0.1, 0.15) is 0 Å². The number of carbonyl (C=O) groups excluding carboxylic acids is 1. The minimum atomic E-state index is 0.133. The highest BCUT2D eigenvalue weighted by atomic mass is 16.2. The van der Waals surface area contributed by atoms with Crippen LogP contribution in [0.15, 0.2) is 60.7 Å². The molecule has 116 valence electrons. The minimum Gasteiger partial charge on any atom is -0.357 e. The Morgan fingerprint density at radius 2 is 1.78 bits per heavy atom. The molecule has 0 spiro atoms. The van der Waals surface area contributed by atoms with Crippen LogP contribution in [-0.4, -0.2) is 22.3 Å². The summed E-state index contributed by atoms with van der Waals surface area (Å²) in [7, 11) is 0. The van der Waals surface area contributed by atoms with E-state index >= 15 is 0 Å². The maximum atomic E-state index is 12.9. The SMILES string of the molecule is O=C(c1ccccc1)N1CCCCC1c1cc2ccccc2[nH]1. The summed E-state index contributed by atoms with van der Waals surface area (Å²) in [5.74, 6) is 0.133. The number of nitrogens with one attached hydrogen (secondary N) is 1. The van der Waals surface area contributed by atoms with Gasteiger partial charge in [-0.25, -0.2) is 0 Å². The number of hydrogen-bond donors (Lipinski definition) is 1. The van der Waals surface area contributed by atoms with Crippen LogP contribution in [0.5, 0.6) is 0 Å². The Kier molecular flexibility index (Phi) is 3.62. The van der Waals surface area contributed by atoms with E-state index in [-0.39, 0.29) is 11.9 Å². The molecule has 0 bridgehead atoms. The monoisotopic (exact) mass is 304 g/mol. The van der Waals surface area contributed by atoms with E-state index in [1.165, 1.54) is 11.8 Å². The van der Waals surface area contributed by atoms with E-state index in [9.17, 15) is 4.79 Å². The number of rotatable bonds is 2. The van der Waals surface area contributed by atoms with Crippen LogP contribution in [0.3, 0.4) is 0 Å². The van der Waals surface area contributed by atoms with E-state index < -0.39 is 0 Å². The number of likely N-dealkylation sites (tertiary alicyclic amines) is 1. The molecule has 1 unspecified atom stereocenters. The van der Waals surface area contributed by atoms with Crippen molar-refractivity contribution in [3.63, 3.8) is 0 Å². The number of amides is 1. The van der Waals surface area contributed by atoms with Crippen molar-refractivity contribution < 1.29 is 4.79 Å². The van der Waals surface area contributed by atoms with Crippen molar-refractivity contribution in [2.75, 3.05) is 6.54 Å². The van der Waals surface area contributed by atoms with Crippen molar-refractivity contribution in [1.29, 1.82) is 0 Å². The van der Waals surface area contributed by atoms with Gasteiger partial charge < -0.3 is 9.88 Å². The Balaban J connectivity index is 1.69. The molecule has 1 N–H and O–H groups in total. The molecule has 23 heavy (non-hydrogen) atoms. The number of para-hydroxylation sites is 1. The third-order valence-electron chi connectivity index (χ3n) is 4.69. The van der Waals surface area contributed by atoms with Gasteiger partial charge in [0.25, 0.3) is 5.91 Å². The molecule has 2 aromatic carbocycles. The van der Waals surface area contributed by atoms with Gasteiger partial charge in [-0.1, -0.05) is 36.4 Å². The number of aromatic nitrogens is 1. The second-order valence-electron chi connectivity index (χ2n) is 6.19.